The van der Waals surface area contributed by atoms with E-state index in [9.17, 15) is 13.2 Å². The van der Waals surface area contributed by atoms with Gasteiger partial charge in [0.2, 0.25) is 11.7 Å². The third kappa shape index (κ3) is 2.85. The number of ether oxygens (including phenoxy) is 2. The van der Waals surface area contributed by atoms with Crippen LogP contribution in [0.1, 0.15) is 11.4 Å². The highest BCUT2D eigenvalue weighted by Gasteiger charge is 2.35. The number of rotatable bonds is 3. The Kier molecular flexibility index (Phi) is 3.19. The van der Waals surface area contributed by atoms with Gasteiger partial charge in [0.1, 0.15) is 0 Å². The normalized spacial score (nSPS) is 16.7. The molecule has 17 heavy (non-hydrogen) atoms. The summed E-state index contributed by atoms with van der Waals surface area (Å²) >= 11 is 0. The maximum Gasteiger partial charge on any atom is 0.451 e. The van der Waals surface area contributed by atoms with Crippen LogP contribution < -0.4 is 4.74 Å². The van der Waals surface area contributed by atoms with Crippen LogP contribution >= 0.6 is 0 Å². The van der Waals surface area contributed by atoms with Gasteiger partial charge in [-0.15, -0.1) is 0 Å². The molecule has 1 fully saturated rings. The van der Waals surface area contributed by atoms with Gasteiger partial charge in [0, 0.05) is 17.7 Å². The van der Waals surface area contributed by atoms with Crippen molar-refractivity contribution in [3.8, 4) is 5.88 Å². The molecule has 0 radical (unpaired) electrons. The van der Waals surface area contributed by atoms with E-state index in [1.807, 2.05) is 0 Å². The minimum atomic E-state index is -4.55. The second-order valence-corrected chi connectivity index (χ2v) is 3.89. The van der Waals surface area contributed by atoms with E-state index < -0.39 is 12.0 Å². The van der Waals surface area contributed by atoms with E-state index in [-0.39, 0.29) is 11.8 Å². The first-order valence-corrected chi connectivity index (χ1v) is 5.08. The molecule has 2 heterocycles. The second-order valence-electron chi connectivity index (χ2n) is 3.89. The Morgan fingerprint density at radius 3 is 2.71 bits per heavy atom. The Hall–Kier alpha value is -1.37. The van der Waals surface area contributed by atoms with E-state index in [1.165, 1.54) is 0 Å². The molecule has 1 aliphatic heterocycles. The largest absolute Gasteiger partial charge is 0.477 e. The lowest BCUT2D eigenvalue weighted by atomic mass is 10.1. The lowest BCUT2D eigenvalue weighted by Crippen LogP contribution is -2.33. The molecule has 0 unspecified atom stereocenters. The number of halogens is 3. The van der Waals surface area contributed by atoms with Crippen molar-refractivity contribution in [3.05, 3.63) is 17.6 Å². The second kappa shape index (κ2) is 4.48. The van der Waals surface area contributed by atoms with Crippen LogP contribution in [0.5, 0.6) is 5.88 Å². The van der Waals surface area contributed by atoms with Crippen molar-refractivity contribution >= 4 is 0 Å². The van der Waals surface area contributed by atoms with Gasteiger partial charge in [-0.05, 0) is 6.92 Å². The number of hydrogen-bond acceptors (Lipinski definition) is 4. The highest BCUT2D eigenvalue weighted by molar-refractivity contribution is 5.22. The zero-order valence-electron chi connectivity index (χ0n) is 9.12. The van der Waals surface area contributed by atoms with Crippen molar-refractivity contribution in [3.63, 3.8) is 0 Å². The first-order valence-electron chi connectivity index (χ1n) is 5.08. The molecule has 1 aromatic rings. The molecule has 0 amide bonds. The molecule has 0 atom stereocenters. The molecule has 4 nitrogen and oxygen atoms in total. The summed E-state index contributed by atoms with van der Waals surface area (Å²) in [6.07, 6.45) is -3.44. The van der Waals surface area contributed by atoms with Crippen molar-refractivity contribution < 1.29 is 22.6 Å². The number of aromatic nitrogens is 2. The van der Waals surface area contributed by atoms with Gasteiger partial charge in [-0.3, -0.25) is 0 Å². The topological polar surface area (TPSA) is 44.2 Å². The first kappa shape index (κ1) is 12.1. The number of hydrogen-bond donors (Lipinski definition) is 0. The van der Waals surface area contributed by atoms with Crippen LogP contribution in [-0.2, 0) is 10.9 Å². The number of aryl methyl sites for hydroxylation is 1. The number of alkyl halides is 3. The van der Waals surface area contributed by atoms with Crippen LogP contribution in [0.3, 0.4) is 0 Å². The Balaban J connectivity index is 2.08. The molecule has 7 heteroatoms. The van der Waals surface area contributed by atoms with Gasteiger partial charge in [0.15, 0.2) is 0 Å². The van der Waals surface area contributed by atoms with Crippen molar-refractivity contribution in [2.75, 3.05) is 19.8 Å². The zero-order valence-corrected chi connectivity index (χ0v) is 9.12. The highest BCUT2D eigenvalue weighted by Crippen LogP contribution is 2.28. The molecule has 1 saturated heterocycles. The third-order valence-electron chi connectivity index (χ3n) is 2.34. The molecule has 2 rings (SSSR count). The average molecular weight is 248 g/mol. The predicted molar refractivity (Wildman–Crippen MR) is 51.6 cm³/mol. The lowest BCUT2D eigenvalue weighted by molar-refractivity contribution is -0.145. The van der Waals surface area contributed by atoms with Gasteiger partial charge in [0.05, 0.1) is 19.8 Å². The van der Waals surface area contributed by atoms with Crippen LogP contribution in [-0.4, -0.2) is 29.8 Å². The molecule has 0 aliphatic carbocycles. The smallest absolute Gasteiger partial charge is 0.451 e. The SMILES string of the molecule is Cc1cnc(C(F)(F)F)nc1OCC1COC1. The average Bonchev–Trinajstić information content (AvgIpc) is 2.16. The Bertz CT molecular complexity index is 405. The van der Waals surface area contributed by atoms with E-state index in [4.69, 9.17) is 9.47 Å². The summed E-state index contributed by atoms with van der Waals surface area (Å²) in [5.74, 6) is -0.958. The lowest BCUT2D eigenvalue weighted by Gasteiger charge is -2.25. The summed E-state index contributed by atoms with van der Waals surface area (Å²) in [6, 6.07) is 0. The quantitative estimate of drug-likeness (QED) is 0.818. The van der Waals surface area contributed by atoms with Crippen molar-refractivity contribution in [1.29, 1.82) is 0 Å². The zero-order chi connectivity index (χ0) is 12.5. The molecule has 0 N–H and O–H groups in total. The minimum absolute atomic E-state index is 0.0146. The first-order chi connectivity index (χ1) is 7.97. The van der Waals surface area contributed by atoms with E-state index >= 15 is 0 Å². The standard InChI is InChI=1S/C10H11F3N2O2/c1-6-2-14-9(10(11,12)13)15-8(6)17-5-7-3-16-4-7/h2,7H,3-5H2,1H3. The van der Waals surface area contributed by atoms with Gasteiger partial charge in [-0.25, -0.2) is 4.98 Å². The van der Waals surface area contributed by atoms with Crippen molar-refractivity contribution in [1.82, 2.24) is 9.97 Å². The molecule has 0 aromatic carbocycles. The number of nitrogens with zero attached hydrogens (tertiary/aromatic N) is 2. The van der Waals surface area contributed by atoms with Crippen LogP contribution in [0.15, 0.2) is 6.20 Å². The fraction of sp³-hybridized carbons (Fsp3) is 0.600. The van der Waals surface area contributed by atoms with Crippen LogP contribution in [0.25, 0.3) is 0 Å². The third-order valence-corrected chi connectivity index (χ3v) is 2.34. The van der Waals surface area contributed by atoms with Gasteiger partial charge in [-0.2, -0.15) is 18.2 Å². The van der Waals surface area contributed by atoms with Crippen molar-refractivity contribution in [2.45, 2.75) is 13.1 Å². The van der Waals surface area contributed by atoms with Gasteiger partial charge in [0.25, 0.3) is 0 Å². The fourth-order valence-corrected chi connectivity index (χ4v) is 1.29. The Morgan fingerprint density at radius 2 is 2.18 bits per heavy atom. The summed E-state index contributed by atoms with van der Waals surface area (Å²) in [4.78, 5) is 6.61. The molecular weight excluding hydrogens is 237 g/mol. The summed E-state index contributed by atoms with van der Waals surface area (Å²) in [5, 5.41) is 0. The maximum absolute atomic E-state index is 12.4. The molecule has 0 saturated carbocycles. The van der Waals surface area contributed by atoms with Crippen LogP contribution in [0.4, 0.5) is 13.2 Å². The molecule has 0 spiro atoms. The Labute approximate surface area is 95.8 Å². The fourth-order valence-electron chi connectivity index (χ4n) is 1.29. The van der Waals surface area contributed by atoms with Gasteiger partial charge >= 0.3 is 6.18 Å². The van der Waals surface area contributed by atoms with E-state index in [0.717, 1.165) is 6.20 Å². The monoisotopic (exact) mass is 248 g/mol. The summed E-state index contributed by atoms with van der Waals surface area (Å²) in [6.45, 7) is 3.08. The maximum atomic E-state index is 12.4. The molecular formula is C10H11F3N2O2. The van der Waals surface area contributed by atoms with Gasteiger partial charge < -0.3 is 9.47 Å². The Morgan fingerprint density at radius 1 is 1.47 bits per heavy atom. The summed E-state index contributed by atoms with van der Waals surface area (Å²) in [7, 11) is 0. The minimum Gasteiger partial charge on any atom is -0.477 e. The molecule has 94 valence electrons. The molecule has 1 aliphatic rings. The van der Waals surface area contributed by atoms with Crippen molar-refractivity contribution in [2.24, 2.45) is 5.92 Å². The van der Waals surface area contributed by atoms with E-state index in [0.29, 0.717) is 25.4 Å². The van der Waals surface area contributed by atoms with E-state index in [2.05, 4.69) is 9.97 Å². The summed E-state index contributed by atoms with van der Waals surface area (Å²) in [5.41, 5.74) is 0.484. The molecule has 0 bridgehead atoms. The highest BCUT2D eigenvalue weighted by atomic mass is 19.4. The summed E-state index contributed by atoms with van der Waals surface area (Å²) < 4.78 is 47.3. The van der Waals surface area contributed by atoms with Crippen LogP contribution in [0.2, 0.25) is 0 Å². The predicted octanol–water partition coefficient (Wildman–Crippen LogP) is 1.83. The van der Waals surface area contributed by atoms with E-state index in [1.54, 1.807) is 6.92 Å². The molecule has 1 aromatic heterocycles. The van der Waals surface area contributed by atoms with Crippen LogP contribution in [0, 0.1) is 12.8 Å². The van der Waals surface area contributed by atoms with Gasteiger partial charge in [-0.1, -0.05) is 0 Å².